The number of nitrogens with one attached hydrogen (secondary N) is 3. The van der Waals surface area contributed by atoms with Crippen LogP contribution in [-0.4, -0.2) is 77.1 Å². The zero-order chi connectivity index (χ0) is 24.1. The van der Waals surface area contributed by atoms with Crippen LogP contribution in [0.4, 0.5) is 0 Å². The maximum atomic E-state index is 12.7. The Morgan fingerprint density at radius 1 is 0.903 bits per heavy atom. The van der Waals surface area contributed by atoms with Gasteiger partial charge in [0.25, 0.3) is 0 Å². The lowest BCUT2D eigenvalue weighted by Crippen LogP contribution is -2.58. The molecule has 0 bridgehead atoms. The second-order valence-corrected chi connectivity index (χ2v) is 7.43. The fourth-order valence-corrected chi connectivity index (χ4v) is 2.57. The number of carbonyl (C=O) groups excluding carboxylic acids is 4. The maximum Gasteiger partial charge on any atom is 0.326 e. The lowest BCUT2D eigenvalue weighted by atomic mass is 10.0. The second kappa shape index (κ2) is 14.3. The van der Waals surface area contributed by atoms with Crippen molar-refractivity contribution in [3.63, 3.8) is 0 Å². The molecule has 11 N–H and O–H groups in total. The van der Waals surface area contributed by atoms with Crippen LogP contribution in [0, 0.1) is 5.92 Å². The van der Waals surface area contributed by atoms with Crippen molar-refractivity contribution >= 4 is 29.6 Å². The van der Waals surface area contributed by atoms with Gasteiger partial charge in [-0.1, -0.05) is 13.8 Å². The van der Waals surface area contributed by atoms with E-state index in [1.54, 1.807) is 13.8 Å². The van der Waals surface area contributed by atoms with Gasteiger partial charge in [0.2, 0.25) is 23.6 Å². The molecule has 0 saturated heterocycles. The van der Waals surface area contributed by atoms with Crippen molar-refractivity contribution in [3.8, 4) is 0 Å². The van der Waals surface area contributed by atoms with Crippen molar-refractivity contribution in [2.24, 2.45) is 23.1 Å². The molecule has 4 unspecified atom stereocenters. The summed E-state index contributed by atoms with van der Waals surface area (Å²) < 4.78 is 0. The van der Waals surface area contributed by atoms with E-state index in [0.29, 0.717) is 19.4 Å². The summed E-state index contributed by atoms with van der Waals surface area (Å²) >= 11 is 0. The predicted octanol–water partition coefficient (Wildman–Crippen LogP) is -3.49. The van der Waals surface area contributed by atoms with Crippen molar-refractivity contribution in [1.82, 2.24) is 16.0 Å². The third kappa shape index (κ3) is 10.7. The first-order chi connectivity index (χ1) is 14.4. The number of aliphatic hydroxyl groups is 1. The normalized spacial score (nSPS) is 14.8. The molecule has 0 heterocycles. The molecule has 0 aliphatic carbocycles. The lowest BCUT2D eigenvalue weighted by Gasteiger charge is -2.25. The molecule has 0 spiro atoms. The van der Waals surface area contributed by atoms with E-state index in [1.165, 1.54) is 0 Å². The van der Waals surface area contributed by atoms with Crippen LogP contribution in [0.15, 0.2) is 0 Å². The number of primary amides is 1. The van der Waals surface area contributed by atoms with E-state index in [1.807, 2.05) is 0 Å². The number of nitrogens with two attached hydrogens (primary N) is 3. The smallest absolute Gasteiger partial charge is 0.326 e. The number of amides is 4. The van der Waals surface area contributed by atoms with Crippen molar-refractivity contribution in [1.29, 1.82) is 0 Å². The molecule has 0 aliphatic heterocycles. The molecule has 0 saturated carbocycles. The molecule has 0 aromatic carbocycles. The van der Waals surface area contributed by atoms with Gasteiger partial charge in [-0.3, -0.25) is 19.2 Å². The van der Waals surface area contributed by atoms with Crippen molar-refractivity contribution in [2.75, 3.05) is 13.2 Å². The summed E-state index contributed by atoms with van der Waals surface area (Å²) in [4.78, 5) is 60.0. The molecule has 4 amide bonds. The minimum atomic E-state index is -1.45. The van der Waals surface area contributed by atoms with Crippen LogP contribution < -0.4 is 33.2 Å². The third-order valence-corrected chi connectivity index (χ3v) is 4.38. The van der Waals surface area contributed by atoms with Gasteiger partial charge < -0.3 is 43.4 Å². The Kier molecular flexibility index (Phi) is 13.0. The molecular formula is C18H34N6O7. The van der Waals surface area contributed by atoms with Crippen molar-refractivity contribution < 1.29 is 34.2 Å². The molecule has 178 valence electrons. The topological polar surface area (TPSA) is 240 Å². The molecule has 13 nitrogen and oxygen atoms in total. The molecule has 31 heavy (non-hydrogen) atoms. The fourth-order valence-electron chi connectivity index (χ4n) is 2.57. The number of carboxylic acid groups (broad SMARTS) is 1. The minimum Gasteiger partial charge on any atom is -0.480 e. The van der Waals surface area contributed by atoms with Gasteiger partial charge in [0.1, 0.15) is 24.2 Å². The molecular weight excluding hydrogens is 412 g/mol. The Morgan fingerprint density at radius 3 is 1.90 bits per heavy atom. The Bertz CT molecular complexity index is 643. The molecule has 4 atom stereocenters. The molecule has 0 aromatic rings. The highest BCUT2D eigenvalue weighted by molar-refractivity contribution is 5.96. The average molecular weight is 447 g/mol. The van der Waals surface area contributed by atoms with Crippen LogP contribution in [0.2, 0.25) is 0 Å². The molecule has 0 rings (SSSR count). The largest absolute Gasteiger partial charge is 0.480 e. The molecule has 0 aromatic heterocycles. The number of rotatable bonds is 15. The summed E-state index contributed by atoms with van der Waals surface area (Å²) in [6, 6.07) is -5.08. The Balaban J connectivity index is 5.46. The second-order valence-electron chi connectivity index (χ2n) is 7.43. The van der Waals surface area contributed by atoms with E-state index in [2.05, 4.69) is 16.0 Å². The number of aliphatic hydroxyl groups excluding tert-OH is 1. The van der Waals surface area contributed by atoms with Crippen molar-refractivity contribution in [2.45, 2.75) is 63.7 Å². The molecule has 0 radical (unpaired) electrons. The Hall–Kier alpha value is -2.77. The van der Waals surface area contributed by atoms with E-state index in [0.717, 1.165) is 0 Å². The fraction of sp³-hybridized carbons (Fsp3) is 0.722. The monoisotopic (exact) mass is 446 g/mol. The number of unbranched alkanes of at least 4 members (excludes halogenated alkanes) is 1. The van der Waals surface area contributed by atoms with Crippen LogP contribution in [0.25, 0.3) is 0 Å². The Morgan fingerprint density at radius 2 is 1.45 bits per heavy atom. The minimum absolute atomic E-state index is 0.154. The highest BCUT2D eigenvalue weighted by atomic mass is 16.4. The molecule has 13 heteroatoms. The van der Waals surface area contributed by atoms with E-state index < -0.39 is 72.7 Å². The first-order valence-corrected chi connectivity index (χ1v) is 9.93. The van der Waals surface area contributed by atoms with Gasteiger partial charge in [-0.15, -0.1) is 0 Å². The lowest BCUT2D eigenvalue weighted by molar-refractivity contribution is -0.143. The third-order valence-electron chi connectivity index (χ3n) is 4.38. The quantitative estimate of drug-likeness (QED) is 0.116. The van der Waals surface area contributed by atoms with Gasteiger partial charge in [-0.25, -0.2) is 4.79 Å². The van der Waals surface area contributed by atoms with Crippen LogP contribution in [0.3, 0.4) is 0 Å². The van der Waals surface area contributed by atoms with Gasteiger partial charge >= 0.3 is 5.97 Å². The van der Waals surface area contributed by atoms with Crippen LogP contribution >= 0.6 is 0 Å². The summed E-state index contributed by atoms with van der Waals surface area (Å²) in [7, 11) is 0. The number of carbonyl (C=O) groups is 5. The zero-order valence-corrected chi connectivity index (χ0v) is 17.8. The Labute approximate surface area is 180 Å². The summed E-state index contributed by atoms with van der Waals surface area (Å²) in [5, 5.41) is 25.2. The zero-order valence-electron chi connectivity index (χ0n) is 17.8. The standard InChI is InChI=1S/C18H34N6O7/c1-9(2)14(18(30)31)24-17(29)12(7-13(21)26)23-16(28)11(5-3-4-6-19)22-15(27)10(20)8-25/h9-12,14,25H,3-8,19-20H2,1-2H3,(H2,21,26)(H,22,27)(H,23,28)(H,24,29)(H,30,31). The van der Waals surface area contributed by atoms with Gasteiger partial charge in [-0.05, 0) is 31.7 Å². The van der Waals surface area contributed by atoms with Crippen molar-refractivity contribution in [3.05, 3.63) is 0 Å². The first kappa shape index (κ1) is 28.2. The predicted molar refractivity (Wildman–Crippen MR) is 110 cm³/mol. The van der Waals surface area contributed by atoms with Crippen LogP contribution in [-0.2, 0) is 24.0 Å². The number of hydrogen-bond donors (Lipinski definition) is 8. The highest BCUT2D eigenvalue weighted by Crippen LogP contribution is 2.06. The molecule has 0 fully saturated rings. The van der Waals surface area contributed by atoms with Crippen LogP contribution in [0.1, 0.15) is 39.5 Å². The van der Waals surface area contributed by atoms with Gasteiger partial charge in [0, 0.05) is 0 Å². The van der Waals surface area contributed by atoms with E-state index >= 15 is 0 Å². The average Bonchev–Trinajstić information content (AvgIpc) is 2.68. The SMILES string of the molecule is CC(C)C(NC(=O)C(CC(N)=O)NC(=O)C(CCCCN)NC(=O)C(N)CO)C(=O)O. The van der Waals surface area contributed by atoms with Gasteiger partial charge in [-0.2, -0.15) is 0 Å². The van der Waals surface area contributed by atoms with Gasteiger partial charge in [0.15, 0.2) is 0 Å². The van der Waals surface area contributed by atoms with Gasteiger partial charge in [0.05, 0.1) is 13.0 Å². The van der Waals surface area contributed by atoms with E-state index in [4.69, 9.17) is 22.3 Å². The number of aliphatic carboxylic acids is 1. The summed E-state index contributed by atoms with van der Waals surface area (Å²) in [5.41, 5.74) is 16.0. The highest BCUT2D eigenvalue weighted by Gasteiger charge is 2.31. The molecule has 0 aliphatic rings. The summed E-state index contributed by atoms with van der Waals surface area (Å²) in [6.45, 7) is 2.88. The number of carboxylic acids is 1. The first-order valence-electron chi connectivity index (χ1n) is 9.93. The summed E-state index contributed by atoms with van der Waals surface area (Å²) in [5.74, 6) is -5.13. The number of hydrogen-bond acceptors (Lipinski definition) is 8. The van der Waals surface area contributed by atoms with Crippen LogP contribution in [0.5, 0.6) is 0 Å². The maximum absolute atomic E-state index is 12.7. The van der Waals surface area contributed by atoms with E-state index in [9.17, 15) is 29.1 Å². The summed E-state index contributed by atoms with van der Waals surface area (Å²) in [6.07, 6.45) is 0.596. The van der Waals surface area contributed by atoms with E-state index in [-0.39, 0.29) is 6.42 Å².